The fourth-order valence-electron chi connectivity index (χ4n) is 1.80. The third-order valence-electron chi connectivity index (χ3n) is 2.69. The summed E-state index contributed by atoms with van der Waals surface area (Å²) in [6.07, 6.45) is 0. The topological polar surface area (TPSA) is 40.5 Å². The molecule has 0 aliphatic carbocycles. The molecule has 1 aromatic heterocycles. The van der Waals surface area contributed by atoms with E-state index in [1.54, 1.807) is 23.5 Å². The molecule has 0 radical (unpaired) electrons. The van der Waals surface area contributed by atoms with Crippen molar-refractivity contribution >= 4 is 21.4 Å². The van der Waals surface area contributed by atoms with E-state index in [4.69, 9.17) is 0 Å². The molecule has 3 heteroatoms. The van der Waals surface area contributed by atoms with Crippen LogP contribution in [0.25, 0.3) is 20.5 Å². The van der Waals surface area contributed by atoms with E-state index in [2.05, 4.69) is 18.2 Å². The predicted molar refractivity (Wildman–Crippen MR) is 70.6 cm³/mol. The van der Waals surface area contributed by atoms with E-state index in [-0.39, 0.29) is 11.5 Å². The number of benzene rings is 2. The van der Waals surface area contributed by atoms with E-state index in [1.807, 2.05) is 12.1 Å². The molecule has 1 heterocycles. The Balaban J connectivity index is 2.17. The van der Waals surface area contributed by atoms with Crippen molar-refractivity contribution in [1.82, 2.24) is 0 Å². The predicted octanol–water partition coefficient (Wildman–Crippen LogP) is 3.98. The highest BCUT2D eigenvalue weighted by Crippen LogP contribution is 2.36. The van der Waals surface area contributed by atoms with Crippen molar-refractivity contribution in [2.75, 3.05) is 0 Å². The van der Waals surface area contributed by atoms with E-state index in [9.17, 15) is 10.2 Å². The molecule has 2 N–H and O–H groups in total. The maximum Gasteiger partial charge on any atom is 0.158 e. The average molecular weight is 242 g/mol. The summed E-state index contributed by atoms with van der Waals surface area (Å²) >= 11 is 1.67. The van der Waals surface area contributed by atoms with Crippen molar-refractivity contribution in [2.24, 2.45) is 0 Å². The Morgan fingerprint density at radius 3 is 2.41 bits per heavy atom. The molecular weight excluding hydrogens is 232 g/mol. The zero-order chi connectivity index (χ0) is 11.8. The van der Waals surface area contributed by atoms with E-state index in [1.165, 1.54) is 16.2 Å². The lowest BCUT2D eigenvalue weighted by molar-refractivity contribution is 0.404. The summed E-state index contributed by atoms with van der Waals surface area (Å²) in [5, 5.41) is 20.0. The highest BCUT2D eigenvalue weighted by molar-refractivity contribution is 7.22. The molecule has 0 aliphatic rings. The van der Waals surface area contributed by atoms with Crippen molar-refractivity contribution in [2.45, 2.75) is 0 Å². The molecule has 2 nitrogen and oxygen atoms in total. The van der Waals surface area contributed by atoms with Gasteiger partial charge >= 0.3 is 0 Å². The number of aromatic hydroxyl groups is 2. The molecule has 84 valence electrons. The number of hydrogen-bond donors (Lipinski definition) is 2. The summed E-state index contributed by atoms with van der Waals surface area (Å²) in [6.45, 7) is 0. The molecule has 3 rings (SSSR count). The van der Waals surface area contributed by atoms with Crippen LogP contribution in [0.15, 0.2) is 48.5 Å². The van der Waals surface area contributed by atoms with Gasteiger partial charge in [0.1, 0.15) is 0 Å². The van der Waals surface area contributed by atoms with Gasteiger partial charge in [0, 0.05) is 9.58 Å². The number of thiophene rings is 1. The quantitative estimate of drug-likeness (QED) is 0.634. The van der Waals surface area contributed by atoms with Gasteiger partial charge in [0.15, 0.2) is 11.5 Å². The molecule has 0 amide bonds. The van der Waals surface area contributed by atoms with Crippen molar-refractivity contribution < 1.29 is 10.2 Å². The maximum absolute atomic E-state index is 9.49. The van der Waals surface area contributed by atoms with E-state index >= 15 is 0 Å². The van der Waals surface area contributed by atoms with Gasteiger partial charge in [-0.1, -0.05) is 18.2 Å². The summed E-state index contributed by atoms with van der Waals surface area (Å²) in [4.78, 5) is 1.08. The minimum Gasteiger partial charge on any atom is -0.504 e. The maximum atomic E-state index is 9.49. The molecule has 0 unspecified atom stereocenters. The summed E-state index contributed by atoms with van der Waals surface area (Å²) in [5.74, 6) is -0.171. The van der Waals surface area contributed by atoms with Crippen molar-refractivity contribution in [3.63, 3.8) is 0 Å². The van der Waals surface area contributed by atoms with Crippen molar-refractivity contribution in [3.05, 3.63) is 48.5 Å². The SMILES string of the molecule is Oc1ccc(-c2cc3ccccc3s2)cc1O. The van der Waals surface area contributed by atoms with Crippen molar-refractivity contribution in [3.8, 4) is 21.9 Å². The van der Waals surface area contributed by atoms with Gasteiger partial charge in [0.2, 0.25) is 0 Å². The molecule has 0 atom stereocenters. The number of rotatable bonds is 1. The van der Waals surface area contributed by atoms with Gasteiger partial charge in [-0.05, 0) is 41.3 Å². The first-order valence-corrected chi connectivity index (χ1v) is 6.06. The van der Waals surface area contributed by atoms with Crippen molar-refractivity contribution in [1.29, 1.82) is 0 Å². The Hall–Kier alpha value is -2.00. The minimum absolute atomic E-state index is 0.0834. The summed E-state index contributed by atoms with van der Waals surface area (Å²) < 4.78 is 1.22. The normalized spacial score (nSPS) is 10.8. The van der Waals surface area contributed by atoms with Crippen LogP contribution in [0.4, 0.5) is 0 Å². The smallest absolute Gasteiger partial charge is 0.158 e. The Morgan fingerprint density at radius 1 is 0.824 bits per heavy atom. The first-order valence-electron chi connectivity index (χ1n) is 5.25. The lowest BCUT2D eigenvalue weighted by atomic mass is 10.1. The Morgan fingerprint density at radius 2 is 1.65 bits per heavy atom. The Kier molecular flexibility index (Phi) is 2.27. The standard InChI is InChI=1S/C14H10O2S/c15-11-6-5-10(7-12(11)16)14-8-9-3-1-2-4-13(9)17-14/h1-8,15-16H. The average Bonchev–Trinajstić information content (AvgIpc) is 2.76. The molecule has 0 fully saturated rings. The summed E-state index contributed by atoms with van der Waals surface area (Å²) in [7, 11) is 0. The number of phenolic OH excluding ortho intramolecular Hbond substituents is 2. The third-order valence-corrected chi connectivity index (χ3v) is 3.85. The van der Waals surface area contributed by atoms with Gasteiger partial charge in [-0.25, -0.2) is 0 Å². The van der Waals surface area contributed by atoms with E-state index in [0.29, 0.717) is 0 Å². The van der Waals surface area contributed by atoms with E-state index in [0.717, 1.165) is 10.4 Å². The Bertz CT molecular complexity index is 653. The molecular formula is C14H10O2S. The largest absolute Gasteiger partial charge is 0.504 e. The monoisotopic (exact) mass is 242 g/mol. The molecule has 0 spiro atoms. The third kappa shape index (κ3) is 1.74. The van der Waals surface area contributed by atoms with E-state index < -0.39 is 0 Å². The zero-order valence-corrected chi connectivity index (χ0v) is 9.74. The van der Waals surface area contributed by atoms with Crippen LogP contribution in [0.3, 0.4) is 0 Å². The first kappa shape index (κ1) is 10.2. The van der Waals surface area contributed by atoms with Crippen LogP contribution >= 0.6 is 11.3 Å². The van der Waals surface area contributed by atoms with Crippen LogP contribution < -0.4 is 0 Å². The van der Waals surface area contributed by atoms with Gasteiger partial charge in [-0.3, -0.25) is 0 Å². The Labute approximate surface area is 102 Å². The number of phenols is 2. The molecule has 0 saturated heterocycles. The molecule has 17 heavy (non-hydrogen) atoms. The fourth-order valence-corrected chi connectivity index (χ4v) is 2.86. The van der Waals surface area contributed by atoms with Gasteiger partial charge in [-0.15, -0.1) is 11.3 Å². The first-order chi connectivity index (χ1) is 8.24. The van der Waals surface area contributed by atoms with Crippen LogP contribution in [0.5, 0.6) is 11.5 Å². The second-order valence-corrected chi connectivity index (χ2v) is 4.94. The highest BCUT2D eigenvalue weighted by atomic mass is 32.1. The molecule has 0 bridgehead atoms. The van der Waals surface area contributed by atoms with Crippen LogP contribution in [0.1, 0.15) is 0 Å². The lowest BCUT2D eigenvalue weighted by Crippen LogP contribution is -1.72. The van der Waals surface area contributed by atoms with Gasteiger partial charge in [-0.2, -0.15) is 0 Å². The second-order valence-electron chi connectivity index (χ2n) is 3.85. The van der Waals surface area contributed by atoms with Gasteiger partial charge in [0.25, 0.3) is 0 Å². The molecule has 3 aromatic rings. The van der Waals surface area contributed by atoms with Gasteiger partial charge < -0.3 is 10.2 Å². The summed E-state index contributed by atoms with van der Waals surface area (Å²) in [5.41, 5.74) is 0.918. The second kappa shape index (κ2) is 3.79. The van der Waals surface area contributed by atoms with Crippen LogP contribution in [0.2, 0.25) is 0 Å². The van der Waals surface area contributed by atoms with Crippen LogP contribution in [0, 0.1) is 0 Å². The molecule has 0 saturated carbocycles. The highest BCUT2D eigenvalue weighted by Gasteiger charge is 2.06. The lowest BCUT2D eigenvalue weighted by Gasteiger charge is -2.00. The zero-order valence-electron chi connectivity index (χ0n) is 8.92. The molecule has 2 aromatic carbocycles. The fraction of sp³-hybridized carbons (Fsp3) is 0. The van der Waals surface area contributed by atoms with Crippen LogP contribution in [-0.4, -0.2) is 10.2 Å². The summed E-state index contributed by atoms with van der Waals surface area (Å²) in [6, 6.07) is 15.1. The number of hydrogen-bond acceptors (Lipinski definition) is 3. The van der Waals surface area contributed by atoms with Gasteiger partial charge in [0.05, 0.1) is 0 Å². The number of fused-ring (bicyclic) bond motifs is 1. The minimum atomic E-state index is -0.0881. The van der Waals surface area contributed by atoms with Crippen LogP contribution in [-0.2, 0) is 0 Å². The molecule has 0 aliphatic heterocycles.